The zero-order valence-corrected chi connectivity index (χ0v) is 20.6. The first kappa shape index (κ1) is 23.0. The normalized spacial score (nSPS) is 24.1. The quantitative estimate of drug-likeness (QED) is 0.547. The van der Waals surface area contributed by atoms with E-state index in [4.69, 9.17) is 19.2 Å². The predicted octanol–water partition coefficient (Wildman–Crippen LogP) is 3.86. The number of aromatic nitrogens is 5. The van der Waals surface area contributed by atoms with E-state index in [2.05, 4.69) is 32.4 Å². The summed E-state index contributed by atoms with van der Waals surface area (Å²) in [5, 5.41) is 7.62. The van der Waals surface area contributed by atoms with Crippen molar-refractivity contribution in [3.05, 3.63) is 36.0 Å². The molecule has 2 fully saturated rings. The number of rotatable bonds is 6. The van der Waals surface area contributed by atoms with Crippen molar-refractivity contribution in [2.75, 3.05) is 25.5 Å². The van der Waals surface area contributed by atoms with Crippen molar-refractivity contribution in [3.8, 4) is 17.4 Å². The third kappa shape index (κ3) is 4.23. The van der Waals surface area contributed by atoms with Crippen molar-refractivity contribution in [3.63, 3.8) is 0 Å². The highest BCUT2D eigenvalue weighted by Crippen LogP contribution is 2.47. The molecule has 4 heterocycles. The molecule has 2 aliphatic carbocycles. The number of nitrogens with zero attached hydrogens (tertiary/aromatic N) is 6. The summed E-state index contributed by atoms with van der Waals surface area (Å²) in [6, 6.07) is 2.13. The van der Waals surface area contributed by atoms with Gasteiger partial charge in [0.1, 0.15) is 24.0 Å². The molecule has 1 saturated heterocycles. The van der Waals surface area contributed by atoms with Gasteiger partial charge in [-0.05, 0) is 58.5 Å². The molecule has 10 nitrogen and oxygen atoms in total. The fourth-order valence-corrected chi connectivity index (χ4v) is 5.90. The highest BCUT2D eigenvalue weighted by atomic mass is 16.5. The number of likely N-dealkylation sites (tertiary alicyclic amines) is 1. The Balaban J connectivity index is 1.36. The van der Waals surface area contributed by atoms with Crippen LogP contribution in [0.25, 0.3) is 11.5 Å². The molecule has 0 amide bonds. The van der Waals surface area contributed by atoms with Crippen molar-refractivity contribution in [1.82, 2.24) is 30.0 Å². The number of carbonyl (C=O) groups excluding carboxylic acids is 1. The van der Waals surface area contributed by atoms with Gasteiger partial charge in [0.05, 0.1) is 11.6 Å². The molecule has 3 aromatic heterocycles. The molecule has 1 aliphatic heterocycles. The molecule has 0 unspecified atom stereocenters. The van der Waals surface area contributed by atoms with Gasteiger partial charge in [0.25, 0.3) is 0 Å². The summed E-state index contributed by atoms with van der Waals surface area (Å²) in [5.74, 6) is 2.98. The lowest BCUT2D eigenvalue weighted by Crippen LogP contribution is -2.41. The summed E-state index contributed by atoms with van der Waals surface area (Å²) >= 11 is 0. The van der Waals surface area contributed by atoms with Crippen LogP contribution < -0.4 is 10.1 Å². The van der Waals surface area contributed by atoms with Crippen LogP contribution in [0.3, 0.4) is 0 Å². The number of hydrogen-bond acceptors (Lipinski definition) is 10. The van der Waals surface area contributed by atoms with E-state index in [1.54, 1.807) is 24.7 Å². The number of likely N-dealkylation sites (N-methyl/N-ethyl adjacent to an activating group) is 1. The zero-order valence-electron chi connectivity index (χ0n) is 20.6. The minimum Gasteiger partial charge on any atom is -0.476 e. The van der Waals surface area contributed by atoms with Crippen LogP contribution >= 0.6 is 0 Å². The van der Waals surface area contributed by atoms with Gasteiger partial charge in [-0.1, -0.05) is 11.6 Å². The summed E-state index contributed by atoms with van der Waals surface area (Å²) in [7, 11) is 2.12. The van der Waals surface area contributed by atoms with E-state index in [0.717, 1.165) is 62.8 Å². The lowest BCUT2D eigenvalue weighted by molar-refractivity contribution is -0.128. The monoisotopic (exact) mass is 489 g/mol. The maximum atomic E-state index is 13.1. The van der Waals surface area contributed by atoms with Crippen LogP contribution in [0.2, 0.25) is 0 Å². The minimum absolute atomic E-state index is 0.279. The van der Waals surface area contributed by atoms with Gasteiger partial charge in [-0.3, -0.25) is 9.78 Å². The Morgan fingerprint density at radius 1 is 1.14 bits per heavy atom. The van der Waals surface area contributed by atoms with Crippen LogP contribution in [0.4, 0.5) is 11.6 Å². The SMILES string of the molecule is CN1CCC[C@H]1COc1cc(Nc2cnccn2)nc(-c2noc3c2CCC[C@@]32CCCCC2=O)n1. The second kappa shape index (κ2) is 9.57. The van der Waals surface area contributed by atoms with Crippen LogP contribution in [-0.2, 0) is 16.6 Å². The molecule has 1 N–H and O–H groups in total. The first-order chi connectivity index (χ1) is 17.6. The van der Waals surface area contributed by atoms with Crippen LogP contribution in [-0.4, -0.2) is 62.0 Å². The Morgan fingerprint density at radius 3 is 2.86 bits per heavy atom. The van der Waals surface area contributed by atoms with Gasteiger partial charge in [0.2, 0.25) is 5.88 Å². The van der Waals surface area contributed by atoms with E-state index in [1.165, 1.54) is 6.42 Å². The molecular formula is C26H31N7O3. The van der Waals surface area contributed by atoms with E-state index in [0.29, 0.717) is 48.1 Å². The Labute approximate surface area is 209 Å². The molecule has 0 radical (unpaired) electrons. The lowest BCUT2D eigenvalue weighted by Gasteiger charge is -2.36. The minimum atomic E-state index is -0.543. The lowest BCUT2D eigenvalue weighted by atomic mass is 9.64. The van der Waals surface area contributed by atoms with Crippen molar-refractivity contribution in [2.24, 2.45) is 0 Å². The fourth-order valence-electron chi connectivity index (χ4n) is 5.90. The fraction of sp³-hybridized carbons (Fsp3) is 0.538. The number of anilines is 2. The summed E-state index contributed by atoms with van der Waals surface area (Å²) in [5.41, 5.74) is 1.00. The van der Waals surface area contributed by atoms with Crippen LogP contribution in [0.5, 0.6) is 5.88 Å². The second-order valence-corrected chi connectivity index (χ2v) is 10.1. The Hall–Kier alpha value is -3.40. The van der Waals surface area contributed by atoms with E-state index in [9.17, 15) is 4.79 Å². The molecule has 1 saturated carbocycles. The Kier molecular flexibility index (Phi) is 6.12. The second-order valence-electron chi connectivity index (χ2n) is 10.1. The van der Waals surface area contributed by atoms with Gasteiger partial charge in [-0.25, -0.2) is 9.97 Å². The van der Waals surface area contributed by atoms with Crippen LogP contribution in [0.1, 0.15) is 62.7 Å². The van der Waals surface area contributed by atoms with Crippen molar-refractivity contribution in [1.29, 1.82) is 0 Å². The number of carbonyl (C=O) groups is 1. The number of ketones is 1. The third-order valence-corrected chi connectivity index (χ3v) is 7.87. The number of hydrogen-bond donors (Lipinski definition) is 1. The molecular weight excluding hydrogens is 458 g/mol. The zero-order chi connectivity index (χ0) is 24.5. The van der Waals surface area contributed by atoms with Crippen molar-refractivity contribution < 1.29 is 14.1 Å². The standard InChI is InChI=1S/C26H31N7O3/c1-33-13-5-6-17(33)16-35-22-14-20(29-21-15-27-11-12-28-21)30-25(31-22)23-18-7-4-10-26(24(18)36-32-23)9-3-2-8-19(26)34/h11-12,14-15,17H,2-10,13,16H2,1H3,(H,28,29,30,31)/t17-,26+/m0/s1. The average molecular weight is 490 g/mol. The van der Waals surface area contributed by atoms with Crippen LogP contribution in [0, 0.1) is 0 Å². The molecule has 3 aromatic rings. The highest BCUT2D eigenvalue weighted by Gasteiger charge is 2.48. The maximum Gasteiger partial charge on any atom is 0.219 e. The summed E-state index contributed by atoms with van der Waals surface area (Å²) in [6.07, 6.45) is 13.1. The molecule has 36 heavy (non-hydrogen) atoms. The molecule has 2 atom stereocenters. The summed E-state index contributed by atoms with van der Waals surface area (Å²) in [4.78, 5) is 33.3. The van der Waals surface area contributed by atoms with Gasteiger partial charge < -0.3 is 19.5 Å². The van der Waals surface area contributed by atoms with Gasteiger partial charge in [0, 0.05) is 36.5 Å². The molecule has 10 heteroatoms. The van der Waals surface area contributed by atoms with Crippen molar-refractivity contribution in [2.45, 2.75) is 69.2 Å². The smallest absolute Gasteiger partial charge is 0.219 e. The maximum absolute atomic E-state index is 13.1. The summed E-state index contributed by atoms with van der Waals surface area (Å²) < 4.78 is 12.1. The van der Waals surface area contributed by atoms with E-state index < -0.39 is 5.41 Å². The number of fused-ring (bicyclic) bond motifs is 2. The molecule has 3 aliphatic rings. The van der Waals surface area contributed by atoms with Crippen molar-refractivity contribution >= 4 is 17.4 Å². The Bertz CT molecular complexity index is 1250. The van der Waals surface area contributed by atoms with E-state index in [-0.39, 0.29) is 5.78 Å². The topological polar surface area (TPSA) is 119 Å². The van der Waals surface area contributed by atoms with Gasteiger partial charge in [0.15, 0.2) is 17.3 Å². The van der Waals surface area contributed by atoms with E-state index >= 15 is 0 Å². The van der Waals surface area contributed by atoms with Gasteiger partial charge >= 0.3 is 0 Å². The van der Waals surface area contributed by atoms with Gasteiger partial charge in [-0.2, -0.15) is 4.98 Å². The number of ether oxygens (including phenoxy) is 1. The molecule has 6 rings (SSSR count). The first-order valence-electron chi connectivity index (χ1n) is 12.9. The van der Waals surface area contributed by atoms with Crippen LogP contribution in [0.15, 0.2) is 29.2 Å². The largest absolute Gasteiger partial charge is 0.476 e. The van der Waals surface area contributed by atoms with E-state index in [1.807, 2.05) is 0 Å². The Morgan fingerprint density at radius 2 is 2.06 bits per heavy atom. The molecule has 188 valence electrons. The predicted molar refractivity (Wildman–Crippen MR) is 132 cm³/mol. The molecule has 0 aromatic carbocycles. The summed E-state index contributed by atoms with van der Waals surface area (Å²) in [6.45, 7) is 1.63. The molecule has 0 bridgehead atoms. The first-order valence-corrected chi connectivity index (χ1v) is 12.9. The third-order valence-electron chi connectivity index (χ3n) is 7.87. The average Bonchev–Trinajstić information content (AvgIpc) is 3.52. The molecule has 1 spiro atoms. The highest BCUT2D eigenvalue weighted by molar-refractivity contribution is 5.91. The number of Topliss-reactive ketones (excluding diaryl/α,β-unsaturated/α-hetero) is 1. The number of nitrogens with one attached hydrogen (secondary N) is 1. The van der Waals surface area contributed by atoms with Gasteiger partial charge in [-0.15, -0.1) is 0 Å².